The number of benzene rings is 2. The molecule has 218 valence electrons. The first-order valence-corrected chi connectivity index (χ1v) is 13.2. The summed E-state index contributed by atoms with van der Waals surface area (Å²) in [5.74, 6) is -2.80. The molecule has 4 rings (SSSR count). The van der Waals surface area contributed by atoms with Gasteiger partial charge in [-0.15, -0.1) is 0 Å². The van der Waals surface area contributed by atoms with Crippen LogP contribution in [-0.4, -0.2) is 56.2 Å². The lowest BCUT2D eigenvalue weighted by molar-refractivity contribution is -0.384. The first kappa shape index (κ1) is 29.8. The Bertz CT molecular complexity index is 1400. The Morgan fingerprint density at radius 3 is 2.34 bits per heavy atom. The van der Waals surface area contributed by atoms with Crippen LogP contribution >= 0.6 is 0 Å². The number of likely N-dealkylation sites (N-methyl/N-ethyl adjacent to an activating group) is 1. The highest BCUT2D eigenvalue weighted by molar-refractivity contribution is 5.99. The summed E-state index contributed by atoms with van der Waals surface area (Å²) >= 11 is 0. The van der Waals surface area contributed by atoms with Gasteiger partial charge in [0.25, 0.3) is 5.69 Å². The minimum absolute atomic E-state index is 0.0937. The predicted molar refractivity (Wildman–Crippen MR) is 151 cm³/mol. The van der Waals surface area contributed by atoms with Gasteiger partial charge in [0.15, 0.2) is 12.0 Å². The lowest BCUT2D eigenvalue weighted by atomic mass is 9.80. The molecule has 2 unspecified atom stereocenters. The lowest BCUT2D eigenvalue weighted by Crippen LogP contribution is -2.35. The van der Waals surface area contributed by atoms with Crippen molar-refractivity contribution in [3.05, 3.63) is 92.3 Å². The molecule has 2 aromatic carbocycles. The minimum Gasteiger partial charge on any atom is -0.466 e. The number of anilines is 1. The van der Waals surface area contributed by atoms with Crippen LogP contribution in [0.1, 0.15) is 44.7 Å². The van der Waals surface area contributed by atoms with Gasteiger partial charge in [-0.2, -0.15) is 0 Å². The van der Waals surface area contributed by atoms with E-state index in [-0.39, 0.29) is 29.7 Å². The number of non-ortho nitro benzene ring substituents is 1. The van der Waals surface area contributed by atoms with Crippen molar-refractivity contribution in [3.8, 4) is 0 Å². The zero-order valence-corrected chi connectivity index (χ0v) is 24.1. The normalized spacial score (nSPS) is 20.0. The molecule has 1 fully saturated rings. The Kier molecular flexibility index (Phi) is 8.79. The van der Waals surface area contributed by atoms with Gasteiger partial charge in [-0.3, -0.25) is 10.1 Å². The van der Waals surface area contributed by atoms with E-state index in [9.17, 15) is 19.7 Å². The number of nitro benzene ring substituents is 1. The Hall–Kier alpha value is -4.22. The van der Waals surface area contributed by atoms with E-state index in [0.717, 1.165) is 11.3 Å². The Balaban J connectivity index is 1.48. The molecule has 2 aliphatic rings. The fraction of sp³-hybridized carbons (Fsp3) is 0.400. The summed E-state index contributed by atoms with van der Waals surface area (Å²) in [6, 6.07) is 13.7. The van der Waals surface area contributed by atoms with Crippen LogP contribution in [0.25, 0.3) is 0 Å². The average Bonchev–Trinajstić information content (AvgIpc) is 3.31. The van der Waals surface area contributed by atoms with Gasteiger partial charge in [0.1, 0.15) is 0 Å². The molecule has 0 saturated carbocycles. The number of nitrogens with one attached hydrogen (secondary N) is 1. The van der Waals surface area contributed by atoms with Crippen LogP contribution < -0.4 is 10.2 Å². The van der Waals surface area contributed by atoms with E-state index in [1.807, 2.05) is 50.1 Å². The van der Waals surface area contributed by atoms with E-state index in [1.165, 1.54) is 25.3 Å². The number of rotatable bonds is 9. The first-order chi connectivity index (χ1) is 19.4. The van der Waals surface area contributed by atoms with Crippen LogP contribution in [0.15, 0.2) is 71.1 Å². The van der Waals surface area contributed by atoms with Gasteiger partial charge < -0.3 is 29.2 Å². The Labute approximate surface area is 238 Å². The lowest BCUT2D eigenvalue weighted by Gasteiger charge is -2.30. The maximum atomic E-state index is 13.4. The Morgan fingerprint density at radius 1 is 1.10 bits per heavy atom. The third-order valence-corrected chi connectivity index (χ3v) is 7.19. The van der Waals surface area contributed by atoms with Crippen LogP contribution in [-0.2, 0) is 35.0 Å². The van der Waals surface area contributed by atoms with Crippen molar-refractivity contribution in [1.82, 2.24) is 5.32 Å². The molecule has 2 heterocycles. The zero-order valence-electron chi connectivity index (χ0n) is 24.1. The van der Waals surface area contributed by atoms with Gasteiger partial charge in [-0.25, -0.2) is 9.59 Å². The number of allylic oxidation sites excluding steroid dienone is 2. The molecule has 0 radical (unpaired) electrons. The van der Waals surface area contributed by atoms with Crippen molar-refractivity contribution in [2.45, 2.75) is 52.0 Å². The molecule has 2 atom stereocenters. The van der Waals surface area contributed by atoms with Crippen LogP contribution in [0.5, 0.6) is 0 Å². The molecular weight excluding hydrogens is 530 g/mol. The van der Waals surface area contributed by atoms with Crippen LogP contribution in [0.4, 0.5) is 11.4 Å². The monoisotopic (exact) mass is 565 g/mol. The number of nitrogens with zero attached hydrogens (tertiary/aromatic N) is 2. The van der Waals surface area contributed by atoms with E-state index in [1.54, 1.807) is 19.9 Å². The molecular formula is C30H35N3O8. The van der Waals surface area contributed by atoms with Crippen LogP contribution in [0, 0.1) is 10.1 Å². The third kappa shape index (κ3) is 6.58. The molecule has 0 amide bonds. The van der Waals surface area contributed by atoms with E-state index >= 15 is 0 Å². The summed E-state index contributed by atoms with van der Waals surface area (Å²) in [7, 11) is 3.19. The molecule has 41 heavy (non-hydrogen) atoms. The highest BCUT2D eigenvalue weighted by atomic mass is 16.8. The van der Waals surface area contributed by atoms with E-state index in [0.29, 0.717) is 30.0 Å². The second-order valence-electron chi connectivity index (χ2n) is 10.4. The molecule has 2 aromatic rings. The first-order valence-electron chi connectivity index (χ1n) is 13.2. The van der Waals surface area contributed by atoms with E-state index < -0.39 is 28.6 Å². The average molecular weight is 566 g/mol. The SMILES string of the molecule is COC(=O)C1=C(C)NC(C)=C(C(=O)OCCc2ccc(N(C)C3COC(C)(C)O3)cc2)C1c1cccc([N+](=O)[O-])c1. The number of methoxy groups -OCH3 is 1. The number of carbonyl (C=O) groups excluding carboxylic acids is 2. The van der Waals surface area contributed by atoms with Crippen molar-refractivity contribution in [1.29, 1.82) is 0 Å². The number of hydrogen-bond donors (Lipinski definition) is 1. The summed E-state index contributed by atoms with van der Waals surface area (Å²) in [5.41, 5.74) is 3.54. The molecule has 0 bridgehead atoms. The number of nitro groups is 1. The molecule has 11 heteroatoms. The number of hydrogen-bond acceptors (Lipinski definition) is 10. The summed E-state index contributed by atoms with van der Waals surface area (Å²) in [6.07, 6.45) is 0.273. The molecule has 2 aliphatic heterocycles. The number of esters is 2. The van der Waals surface area contributed by atoms with E-state index in [2.05, 4.69) is 5.32 Å². The molecule has 0 aliphatic carbocycles. The summed E-state index contributed by atoms with van der Waals surface area (Å²) in [4.78, 5) is 39.2. The summed E-state index contributed by atoms with van der Waals surface area (Å²) < 4.78 is 22.2. The summed E-state index contributed by atoms with van der Waals surface area (Å²) in [6.45, 7) is 7.72. The second-order valence-corrected chi connectivity index (χ2v) is 10.4. The van der Waals surface area contributed by atoms with Gasteiger partial charge >= 0.3 is 11.9 Å². The van der Waals surface area contributed by atoms with Crippen molar-refractivity contribution >= 4 is 23.3 Å². The number of dihydropyridines is 1. The topological polar surface area (TPSA) is 129 Å². The van der Waals surface area contributed by atoms with Crippen molar-refractivity contribution < 1.29 is 33.5 Å². The van der Waals surface area contributed by atoms with Gasteiger partial charge in [0.05, 0.1) is 42.3 Å². The second kappa shape index (κ2) is 12.1. The highest BCUT2D eigenvalue weighted by Gasteiger charge is 2.38. The number of carbonyl (C=O) groups is 2. The predicted octanol–water partition coefficient (Wildman–Crippen LogP) is 4.33. The van der Waals surface area contributed by atoms with Gasteiger partial charge in [-0.05, 0) is 51.0 Å². The maximum absolute atomic E-state index is 13.4. The fourth-order valence-corrected chi connectivity index (χ4v) is 5.06. The van der Waals surface area contributed by atoms with Crippen LogP contribution in [0.2, 0.25) is 0 Å². The van der Waals surface area contributed by atoms with Crippen molar-refractivity contribution in [2.24, 2.45) is 0 Å². The minimum atomic E-state index is -0.905. The Morgan fingerprint density at radius 2 is 1.76 bits per heavy atom. The highest BCUT2D eigenvalue weighted by Crippen LogP contribution is 2.40. The van der Waals surface area contributed by atoms with Gasteiger partial charge in [0, 0.05) is 42.7 Å². The molecule has 1 saturated heterocycles. The molecule has 11 nitrogen and oxygen atoms in total. The molecule has 1 N–H and O–H groups in total. The zero-order chi connectivity index (χ0) is 29.9. The maximum Gasteiger partial charge on any atom is 0.336 e. The van der Waals surface area contributed by atoms with E-state index in [4.69, 9.17) is 18.9 Å². The van der Waals surface area contributed by atoms with Gasteiger partial charge in [-0.1, -0.05) is 24.3 Å². The standard InChI is InChI=1S/C30H35N3O8/c1-18-25(28(34)38-6)27(21-8-7-9-23(16-21)33(36)37)26(19(2)31-18)29(35)39-15-14-20-10-12-22(13-11-20)32(5)24-17-40-30(3,4)41-24/h7-13,16,24,27,31H,14-15,17H2,1-6H3. The molecule has 0 aromatic heterocycles. The number of ether oxygens (including phenoxy) is 4. The van der Waals surface area contributed by atoms with Crippen LogP contribution in [0.3, 0.4) is 0 Å². The van der Waals surface area contributed by atoms with Gasteiger partial charge in [0.2, 0.25) is 0 Å². The smallest absolute Gasteiger partial charge is 0.336 e. The van der Waals surface area contributed by atoms with Crippen molar-refractivity contribution in [2.75, 3.05) is 32.3 Å². The third-order valence-electron chi connectivity index (χ3n) is 7.19. The largest absolute Gasteiger partial charge is 0.466 e. The van der Waals surface area contributed by atoms with Crippen molar-refractivity contribution in [3.63, 3.8) is 0 Å². The molecule has 0 spiro atoms. The summed E-state index contributed by atoms with van der Waals surface area (Å²) in [5, 5.41) is 14.5. The fourth-order valence-electron chi connectivity index (χ4n) is 5.06. The quantitative estimate of drug-likeness (QED) is 0.266.